The number of anilines is 2. The Kier molecular flexibility index (Phi) is 7.79. The number of amides is 3. The summed E-state index contributed by atoms with van der Waals surface area (Å²) in [6.07, 6.45) is 0.0192. The first kappa shape index (κ1) is 25.1. The Morgan fingerprint density at radius 1 is 1.03 bits per heavy atom. The molecular formula is C25H28FN5O5. The molecule has 5 N–H and O–H groups in total. The molecule has 2 aliphatic rings. The number of ether oxygens (including phenoxy) is 1. The number of rotatable bonds is 8. The van der Waals surface area contributed by atoms with Crippen molar-refractivity contribution in [2.45, 2.75) is 38.6 Å². The van der Waals surface area contributed by atoms with Crippen molar-refractivity contribution in [1.29, 1.82) is 0 Å². The van der Waals surface area contributed by atoms with E-state index in [0.717, 1.165) is 12.8 Å². The largest absolute Gasteiger partial charge is 0.462 e. The van der Waals surface area contributed by atoms with Gasteiger partial charge >= 0.3 is 5.97 Å². The molecule has 10 nitrogen and oxygen atoms in total. The number of hydrogen-bond acceptors (Lipinski definition) is 7. The number of hydrogen-bond donors (Lipinski definition) is 5. The molecule has 0 radical (unpaired) electrons. The number of carbonyl (C=O) groups is 4. The van der Waals surface area contributed by atoms with Gasteiger partial charge in [0.25, 0.3) is 0 Å². The maximum Gasteiger partial charge on any atom is 0.338 e. The molecule has 2 aromatic rings. The number of halogens is 1. The Bertz CT molecular complexity index is 1120. The standard InChI is InChI=1S/C25H28FN5O5/c1-2-3-12-36-24(35)14-4-8-16(9-5-14)27-22(33)18-13-19(32)29-21-20(18)23(34)31-25(30-21)28-17-10-6-15(26)7-11-17/h4-11,18,20-21,25,28,30H,2-3,12-13H2,1H3,(H,27,33)(H,29,32)(H,31,34). The molecule has 4 unspecified atom stereocenters. The number of nitrogens with one attached hydrogen (secondary N) is 5. The number of carbonyl (C=O) groups excluding carboxylic acids is 4. The van der Waals surface area contributed by atoms with Crippen LogP contribution in [-0.4, -0.2) is 42.8 Å². The summed E-state index contributed by atoms with van der Waals surface area (Å²) in [7, 11) is 0. The molecule has 2 saturated heterocycles. The van der Waals surface area contributed by atoms with Gasteiger partial charge < -0.3 is 26.0 Å². The smallest absolute Gasteiger partial charge is 0.338 e. The second-order valence-corrected chi connectivity index (χ2v) is 8.70. The van der Waals surface area contributed by atoms with E-state index in [2.05, 4.69) is 26.6 Å². The lowest BCUT2D eigenvalue weighted by Gasteiger charge is -2.43. The molecule has 3 amide bonds. The highest BCUT2D eigenvalue weighted by Crippen LogP contribution is 2.28. The van der Waals surface area contributed by atoms with E-state index in [0.29, 0.717) is 23.5 Å². The number of fused-ring (bicyclic) bond motifs is 1. The lowest BCUT2D eigenvalue weighted by Crippen LogP contribution is -2.72. The summed E-state index contributed by atoms with van der Waals surface area (Å²) in [4.78, 5) is 50.4. The third-order valence-electron chi connectivity index (χ3n) is 6.06. The maximum atomic E-state index is 13.2. The topological polar surface area (TPSA) is 138 Å². The average Bonchev–Trinajstić information content (AvgIpc) is 2.85. The van der Waals surface area contributed by atoms with Gasteiger partial charge in [0.1, 0.15) is 5.82 Å². The zero-order chi connectivity index (χ0) is 25.7. The lowest BCUT2D eigenvalue weighted by atomic mass is 9.81. The fourth-order valence-corrected chi connectivity index (χ4v) is 4.18. The van der Waals surface area contributed by atoms with Crippen molar-refractivity contribution in [2.24, 2.45) is 11.8 Å². The number of esters is 1. The minimum atomic E-state index is -0.915. The van der Waals surface area contributed by atoms with Crippen LogP contribution >= 0.6 is 0 Å². The first-order valence-corrected chi connectivity index (χ1v) is 11.8. The van der Waals surface area contributed by atoms with Crippen LogP contribution in [0.2, 0.25) is 0 Å². The molecule has 0 saturated carbocycles. The Morgan fingerprint density at radius 2 is 1.72 bits per heavy atom. The molecule has 2 fully saturated rings. The lowest BCUT2D eigenvalue weighted by molar-refractivity contribution is -0.144. The molecule has 2 aromatic carbocycles. The normalized spacial score (nSPS) is 23.1. The summed E-state index contributed by atoms with van der Waals surface area (Å²) >= 11 is 0. The Balaban J connectivity index is 1.39. The number of benzene rings is 2. The van der Waals surface area contributed by atoms with Gasteiger partial charge in [-0.05, 0) is 55.0 Å². The minimum absolute atomic E-state index is 0.153. The van der Waals surface area contributed by atoms with Gasteiger partial charge in [-0.2, -0.15) is 0 Å². The summed E-state index contributed by atoms with van der Waals surface area (Å²) in [5.74, 6) is -3.87. The van der Waals surface area contributed by atoms with Gasteiger partial charge in [-0.1, -0.05) is 13.3 Å². The molecular weight excluding hydrogens is 469 g/mol. The van der Waals surface area contributed by atoms with Crippen molar-refractivity contribution in [3.05, 3.63) is 59.9 Å². The molecule has 4 rings (SSSR count). The first-order valence-electron chi connectivity index (χ1n) is 11.8. The fourth-order valence-electron chi connectivity index (χ4n) is 4.18. The van der Waals surface area contributed by atoms with Crippen LogP contribution < -0.4 is 26.6 Å². The Morgan fingerprint density at radius 3 is 2.42 bits per heavy atom. The second-order valence-electron chi connectivity index (χ2n) is 8.70. The number of unbranched alkanes of at least 4 members (excludes halogenated alkanes) is 1. The van der Waals surface area contributed by atoms with E-state index in [1.165, 1.54) is 24.3 Å². The average molecular weight is 498 g/mol. The van der Waals surface area contributed by atoms with Crippen LogP contribution in [0.4, 0.5) is 15.8 Å². The molecule has 11 heteroatoms. The summed E-state index contributed by atoms with van der Waals surface area (Å²) < 4.78 is 18.3. The van der Waals surface area contributed by atoms with Gasteiger partial charge in [-0.15, -0.1) is 0 Å². The molecule has 0 aliphatic carbocycles. The molecule has 0 spiro atoms. The van der Waals surface area contributed by atoms with E-state index < -0.39 is 47.9 Å². The molecule has 4 atom stereocenters. The third-order valence-corrected chi connectivity index (χ3v) is 6.06. The van der Waals surface area contributed by atoms with Crippen LogP contribution in [0.1, 0.15) is 36.5 Å². The quantitative estimate of drug-likeness (QED) is 0.278. The fraction of sp³-hybridized carbons (Fsp3) is 0.360. The van der Waals surface area contributed by atoms with E-state index in [-0.39, 0.29) is 12.3 Å². The maximum absolute atomic E-state index is 13.2. The van der Waals surface area contributed by atoms with Crippen molar-refractivity contribution >= 4 is 35.1 Å². The van der Waals surface area contributed by atoms with Crippen molar-refractivity contribution < 1.29 is 28.3 Å². The highest BCUT2D eigenvalue weighted by Gasteiger charge is 2.48. The van der Waals surface area contributed by atoms with Gasteiger partial charge in [-0.3, -0.25) is 19.7 Å². The van der Waals surface area contributed by atoms with Crippen molar-refractivity contribution in [3.8, 4) is 0 Å². The third kappa shape index (κ3) is 5.98. The van der Waals surface area contributed by atoms with Crippen molar-refractivity contribution in [2.75, 3.05) is 17.2 Å². The van der Waals surface area contributed by atoms with Gasteiger partial charge in [0.05, 0.1) is 30.2 Å². The van der Waals surface area contributed by atoms with Crippen LogP contribution in [0.5, 0.6) is 0 Å². The van der Waals surface area contributed by atoms with E-state index in [1.54, 1.807) is 24.3 Å². The Labute approximate surface area is 207 Å². The SMILES string of the molecule is CCCCOC(=O)c1ccc(NC(=O)C2CC(=O)NC3NC(Nc4ccc(F)cc4)NC(=O)C32)cc1. The van der Waals surface area contributed by atoms with Gasteiger partial charge in [-0.25, -0.2) is 9.18 Å². The molecule has 0 aromatic heterocycles. The molecule has 36 heavy (non-hydrogen) atoms. The second kappa shape index (κ2) is 11.2. The van der Waals surface area contributed by atoms with Crippen molar-refractivity contribution in [3.63, 3.8) is 0 Å². The van der Waals surface area contributed by atoms with Crippen LogP contribution in [0.15, 0.2) is 48.5 Å². The summed E-state index contributed by atoms with van der Waals surface area (Å²) in [6.45, 7) is 2.34. The molecule has 2 aliphatic heterocycles. The molecule has 2 heterocycles. The molecule has 190 valence electrons. The van der Waals surface area contributed by atoms with E-state index in [9.17, 15) is 23.6 Å². The highest BCUT2D eigenvalue weighted by molar-refractivity contribution is 6.00. The summed E-state index contributed by atoms with van der Waals surface area (Å²) in [6, 6.07) is 11.8. The first-order chi connectivity index (χ1) is 17.3. The minimum Gasteiger partial charge on any atom is -0.462 e. The summed E-state index contributed by atoms with van der Waals surface area (Å²) in [5, 5.41) is 14.3. The van der Waals surface area contributed by atoms with E-state index in [1.807, 2.05) is 6.92 Å². The summed E-state index contributed by atoms with van der Waals surface area (Å²) in [5.41, 5.74) is 1.34. The van der Waals surface area contributed by atoms with Crippen molar-refractivity contribution in [1.82, 2.24) is 16.0 Å². The monoisotopic (exact) mass is 497 g/mol. The van der Waals surface area contributed by atoms with E-state index >= 15 is 0 Å². The predicted molar refractivity (Wildman–Crippen MR) is 129 cm³/mol. The zero-order valence-corrected chi connectivity index (χ0v) is 19.7. The van der Waals surface area contributed by atoms with Gasteiger partial charge in [0.15, 0.2) is 6.29 Å². The van der Waals surface area contributed by atoms with Gasteiger partial charge in [0, 0.05) is 17.8 Å². The molecule has 0 bridgehead atoms. The highest BCUT2D eigenvalue weighted by atomic mass is 19.1. The van der Waals surface area contributed by atoms with Crippen LogP contribution in [0, 0.1) is 17.7 Å². The van der Waals surface area contributed by atoms with Crippen LogP contribution in [0.3, 0.4) is 0 Å². The Hall–Kier alpha value is -3.99. The van der Waals surface area contributed by atoms with Crippen LogP contribution in [0.25, 0.3) is 0 Å². The zero-order valence-electron chi connectivity index (χ0n) is 19.7. The van der Waals surface area contributed by atoms with E-state index in [4.69, 9.17) is 4.74 Å². The van der Waals surface area contributed by atoms with Gasteiger partial charge in [0.2, 0.25) is 17.7 Å². The predicted octanol–water partition coefficient (Wildman–Crippen LogP) is 1.91. The van der Waals surface area contributed by atoms with Crippen LogP contribution in [-0.2, 0) is 19.1 Å². The number of piperidine rings is 1.